The van der Waals surface area contributed by atoms with Crippen LogP contribution in [0, 0.1) is 6.92 Å². The number of hydrogen-bond donors (Lipinski definition) is 3. The summed E-state index contributed by atoms with van der Waals surface area (Å²) >= 11 is 6.76. The molecule has 0 aliphatic carbocycles. The maximum Gasteiger partial charge on any atom is 0.320 e. The molecule has 2 amide bonds. The SMILES string of the molecule is COCCCCC(O)(c1cccc(Cl)c1-c1cccc(C)c1)C1CN(C(=O)N2CC(N)C(O)C2)CCO1. The molecule has 9 heteroatoms. The van der Waals surface area contributed by atoms with Gasteiger partial charge in [-0.1, -0.05) is 53.6 Å². The van der Waals surface area contributed by atoms with Crippen LogP contribution in [0.1, 0.15) is 30.4 Å². The van der Waals surface area contributed by atoms with Crippen molar-refractivity contribution in [3.05, 3.63) is 58.6 Å². The van der Waals surface area contributed by atoms with Gasteiger partial charge in [-0.05, 0) is 43.4 Å². The van der Waals surface area contributed by atoms with Gasteiger partial charge >= 0.3 is 6.03 Å². The van der Waals surface area contributed by atoms with Gasteiger partial charge in [0.05, 0.1) is 19.3 Å². The number of ether oxygens (including phenoxy) is 2. The second-order valence-corrected chi connectivity index (χ2v) is 10.5. The van der Waals surface area contributed by atoms with E-state index in [1.807, 2.05) is 43.3 Å². The number of rotatable bonds is 8. The molecular formula is C28H38ClN3O5. The number of hydrogen-bond acceptors (Lipinski definition) is 6. The van der Waals surface area contributed by atoms with Crippen molar-refractivity contribution in [1.29, 1.82) is 0 Å². The fourth-order valence-electron chi connectivity index (χ4n) is 5.37. The van der Waals surface area contributed by atoms with Crippen LogP contribution < -0.4 is 5.73 Å². The Kier molecular flexibility index (Phi) is 9.11. The van der Waals surface area contributed by atoms with Gasteiger partial charge in [0.1, 0.15) is 11.7 Å². The lowest BCUT2D eigenvalue weighted by molar-refractivity contribution is -0.147. The zero-order valence-electron chi connectivity index (χ0n) is 21.6. The van der Waals surface area contributed by atoms with Crippen LogP contribution in [-0.2, 0) is 15.1 Å². The fraction of sp³-hybridized carbons (Fsp3) is 0.536. The van der Waals surface area contributed by atoms with Crippen LogP contribution in [0.25, 0.3) is 11.1 Å². The molecule has 0 spiro atoms. The molecule has 2 aromatic rings. The van der Waals surface area contributed by atoms with E-state index in [9.17, 15) is 15.0 Å². The number of benzene rings is 2. The maximum atomic E-state index is 13.3. The Morgan fingerprint density at radius 1 is 1.19 bits per heavy atom. The highest BCUT2D eigenvalue weighted by Crippen LogP contribution is 2.43. The van der Waals surface area contributed by atoms with E-state index >= 15 is 0 Å². The molecule has 2 aliphatic heterocycles. The Morgan fingerprint density at radius 3 is 2.68 bits per heavy atom. The Hall–Kier alpha value is -2.20. The number of methoxy groups -OCH3 is 1. The number of aliphatic hydroxyl groups excluding tert-OH is 1. The van der Waals surface area contributed by atoms with Crippen molar-refractivity contribution in [3.8, 4) is 11.1 Å². The van der Waals surface area contributed by atoms with Gasteiger partial charge in [-0.3, -0.25) is 0 Å². The van der Waals surface area contributed by atoms with Gasteiger partial charge in [0.15, 0.2) is 0 Å². The molecule has 8 nitrogen and oxygen atoms in total. The Bertz CT molecular complexity index is 1080. The zero-order chi connectivity index (χ0) is 26.6. The standard InChI is InChI=1S/C28H38ClN3O5/c1-19-7-5-8-20(15-19)26-21(9-6-10-22(26)29)28(35,11-3-4-13-36-2)25-18-31(12-14-37-25)27(34)32-16-23(30)24(33)17-32/h5-10,15,23-25,33,35H,3-4,11-14,16-18,30H2,1-2H3. The summed E-state index contributed by atoms with van der Waals surface area (Å²) in [6.07, 6.45) is 0.483. The second kappa shape index (κ2) is 12.1. The van der Waals surface area contributed by atoms with E-state index in [0.29, 0.717) is 49.7 Å². The predicted octanol–water partition coefficient (Wildman–Crippen LogP) is 3.14. The monoisotopic (exact) mass is 531 g/mol. The highest BCUT2D eigenvalue weighted by atomic mass is 35.5. The van der Waals surface area contributed by atoms with Crippen molar-refractivity contribution in [2.75, 3.05) is 46.5 Å². The number of β-amino-alcohol motifs (C(OH)–C–C–N with tert-alkyl or cyclic N) is 1. The number of carbonyl (C=O) groups is 1. The normalized spacial score (nSPS) is 23.8. The topological polar surface area (TPSA) is 108 Å². The molecule has 2 aliphatic rings. The molecule has 0 radical (unpaired) electrons. The van der Waals surface area contributed by atoms with Crippen LogP contribution in [0.2, 0.25) is 5.02 Å². The van der Waals surface area contributed by atoms with Crippen molar-refractivity contribution < 1.29 is 24.5 Å². The van der Waals surface area contributed by atoms with Crippen LogP contribution in [0.15, 0.2) is 42.5 Å². The van der Waals surface area contributed by atoms with Crippen LogP contribution in [0.3, 0.4) is 0 Å². The van der Waals surface area contributed by atoms with Crippen molar-refractivity contribution in [2.45, 2.75) is 50.0 Å². The van der Waals surface area contributed by atoms with Crippen molar-refractivity contribution >= 4 is 17.6 Å². The van der Waals surface area contributed by atoms with Crippen LogP contribution >= 0.6 is 11.6 Å². The number of halogens is 1. The summed E-state index contributed by atoms with van der Waals surface area (Å²) in [6.45, 7) is 4.01. The Balaban J connectivity index is 1.68. The van der Waals surface area contributed by atoms with Gasteiger partial charge in [-0.2, -0.15) is 0 Å². The molecule has 0 aromatic heterocycles. The van der Waals surface area contributed by atoms with E-state index in [1.54, 1.807) is 16.9 Å². The number of urea groups is 1. The number of aryl methyl sites for hydroxylation is 1. The number of nitrogens with two attached hydrogens (primary N) is 1. The van der Waals surface area contributed by atoms with E-state index in [2.05, 4.69) is 6.07 Å². The maximum absolute atomic E-state index is 13.3. The number of aliphatic hydroxyl groups is 2. The minimum Gasteiger partial charge on any atom is -0.390 e. The molecular weight excluding hydrogens is 494 g/mol. The summed E-state index contributed by atoms with van der Waals surface area (Å²) in [5.41, 5.74) is 7.98. The summed E-state index contributed by atoms with van der Waals surface area (Å²) in [4.78, 5) is 16.6. The molecule has 4 N–H and O–H groups in total. The molecule has 2 heterocycles. The summed E-state index contributed by atoms with van der Waals surface area (Å²) < 4.78 is 11.4. The van der Waals surface area contributed by atoms with E-state index in [4.69, 9.17) is 26.8 Å². The van der Waals surface area contributed by atoms with E-state index in [-0.39, 0.29) is 19.1 Å². The highest BCUT2D eigenvalue weighted by Gasteiger charge is 2.45. The summed E-state index contributed by atoms with van der Waals surface area (Å²) in [5, 5.41) is 23.0. The summed E-state index contributed by atoms with van der Waals surface area (Å²) in [6, 6.07) is 12.9. The van der Waals surface area contributed by atoms with E-state index < -0.39 is 23.9 Å². The number of morpholine rings is 1. The van der Waals surface area contributed by atoms with Crippen molar-refractivity contribution in [1.82, 2.24) is 9.80 Å². The quantitative estimate of drug-likeness (QED) is 0.452. The third-order valence-corrected chi connectivity index (χ3v) is 7.73. The van der Waals surface area contributed by atoms with Gasteiger partial charge in [-0.25, -0.2) is 4.79 Å². The lowest BCUT2D eigenvalue weighted by atomic mass is 9.79. The minimum absolute atomic E-state index is 0.202. The lowest BCUT2D eigenvalue weighted by Gasteiger charge is -2.44. The first-order valence-corrected chi connectivity index (χ1v) is 13.3. The fourth-order valence-corrected chi connectivity index (χ4v) is 5.65. The molecule has 2 aromatic carbocycles. The Labute approximate surface area is 223 Å². The smallest absolute Gasteiger partial charge is 0.320 e. The third-order valence-electron chi connectivity index (χ3n) is 7.42. The number of unbranched alkanes of at least 4 members (excludes halogenated alkanes) is 1. The van der Waals surface area contributed by atoms with Gasteiger partial charge in [-0.15, -0.1) is 0 Å². The number of nitrogens with zero attached hydrogens (tertiary/aromatic N) is 2. The molecule has 37 heavy (non-hydrogen) atoms. The largest absolute Gasteiger partial charge is 0.390 e. The average Bonchev–Trinajstić information content (AvgIpc) is 3.23. The molecule has 2 fully saturated rings. The average molecular weight is 532 g/mol. The first kappa shape index (κ1) is 27.8. The second-order valence-electron chi connectivity index (χ2n) is 10.1. The van der Waals surface area contributed by atoms with Crippen LogP contribution in [0.5, 0.6) is 0 Å². The van der Waals surface area contributed by atoms with Gasteiger partial charge in [0.2, 0.25) is 0 Å². The third kappa shape index (κ3) is 6.11. The number of carbonyl (C=O) groups excluding carboxylic acids is 1. The summed E-state index contributed by atoms with van der Waals surface area (Å²) in [5.74, 6) is 0. The summed E-state index contributed by atoms with van der Waals surface area (Å²) in [7, 11) is 1.66. The van der Waals surface area contributed by atoms with Gasteiger partial charge in [0, 0.05) is 50.0 Å². The van der Waals surface area contributed by atoms with E-state index in [1.165, 1.54) is 0 Å². The number of likely N-dealkylation sites (tertiary alicyclic amines) is 1. The molecule has 0 bridgehead atoms. The molecule has 0 saturated carbocycles. The van der Waals surface area contributed by atoms with Gasteiger partial charge in [0.25, 0.3) is 0 Å². The molecule has 202 valence electrons. The highest BCUT2D eigenvalue weighted by molar-refractivity contribution is 6.33. The molecule has 4 atom stereocenters. The van der Waals surface area contributed by atoms with Gasteiger partial charge < -0.3 is 35.2 Å². The zero-order valence-corrected chi connectivity index (χ0v) is 22.4. The van der Waals surface area contributed by atoms with Crippen LogP contribution in [-0.4, -0.2) is 90.8 Å². The van der Waals surface area contributed by atoms with Crippen molar-refractivity contribution in [2.24, 2.45) is 5.73 Å². The van der Waals surface area contributed by atoms with Crippen LogP contribution in [0.4, 0.5) is 4.79 Å². The molecule has 4 rings (SSSR count). The molecule has 2 saturated heterocycles. The Morgan fingerprint density at radius 2 is 1.97 bits per heavy atom. The number of amides is 2. The van der Waals surface area contributed by atoms with Crippen molar-refractivity contribution in [3.63, 3.8) is 0 Å². The first-order valence-electron chi connectivity index (χ1n) is 12.9. The predicted molar refractivity (Wildman–Crippen MR) is 144 cm³/mol. The minimum atomic E-state index is -1.41. The first-order chi connectivity index (χ1) is 17.7. The molecule has 4 unspecified atom stereocenters. The van der Waals surface area contributed by atoms with E-state index in [0.717, 1.165) is 23.1 Å². The lowest BCUT2D eigenvalue weighted by Crippen LogP contribution is -2.57.